The largest absolute Gasteiger partial charge is 0.469 e. The van der Waals surface area contributed by atoms with Crippen LogP contribution in [0.15, 0.2) is 48.7 Å². The maximum Gasteiger partial charge on any atom is 0.469 e. The standard InChI is InChI=1S/C30H36N3O9PS/c1-29(44(2,38)39,28(34)32-42-27-5-3-4-18-40-27)16-17-33-26-13-10-23(19-24(26)20-31-33)7-6-22-8-11-25(12-9-22)30(14-15-30)21-41-43(35,36)37/h8-13,19-20,27H,3-5,14-18,21H2,1-2H3,(H,32,34)(H2,35,36,37). The third-order valence-electron chi connectivity index (χ3n) is 8.37. The number of aryl methyl sites for hydroxylation is 1. The van der Waals surface area contributed by atoms with Gasteiger partial charge in [0.1, 0.15) is 0 Å². The summed E-state index contributed by atoms with van der Waals surface area (Å²) in [6.07, 6.45) is 6.13. The lowest BCUT2D eigenvalue weighted by atomic mass is 9.96. The van der Waals surface area contributed by atoms with E-state index in [-0.39, 0.29) is 25.0 Å². The molecule has 44 heavy (non-hydrogen) atoms. The van der Waals surface area contributed by atoms with Gasteiger partial charge in [-0.25, -0.2) is 23.3 Å². The Bertz CT molecular complexity index is 1730. The molecule has 3 N–H and O–H groups in total. The van der Waals surface area contributed by atoms with Crippen LogP contribution in [-0.2, 0) is 45.3 Å². The number of sulfone groups is 1. The van der Waals surface area contributed by atoms with E-state index in [9.17, 15) is 17.8 Å². The molecule has 0 spiro atoms. The van der Waals surface area contributed by atoms with Crippen LogP contribution in [-0.4, -0.2) is 64.4 Å². The minimum absolute atomic E-state index is 0.0202. The number of hydrogen-bond acceptors (Lipinski definition) is 8. The van der Waals surface area contributed by atoms with Crippen LogP contribution in [0.4, 0.5) is 0 Å². The van der Waals surface area contributed by atoms with Gasteiger partial charge < -0.3 is 14.5 Å². The number of phosphoric acid groups is 1. The van der Waals surface area contributed by atoms with Crippen molar-refractivity contribution in [2.75, 3.05) is 19.5 Å². The van der Waals surface area contributed by atoms with E-state index >= 15 is 0 Å². The van der Waals surface area contributed by atoms with Crippen LogP contribution < -0.4 is 5.48 Å². The van der Waals surface area contributed by atoms with Crippen LogP contribution in [0.1, 0.15) is 62.1 Å². The zero-order valence-corrected chi connectivity index (χ0v) is 26.3. The number of phosphoric ester groups is 1. The topological polar surface area (TPSA) is 166 Å². The molecule has 236 valence electrons. The Morgan fingerprint density at radius 1 is 1.18 bits per heavy atom. The van der Waals surface area contributed by atoms with Crippen molar-refractivity contribution in [1.29, 1.82) is 0 Å². The summed E-state index contributed by atoms with van der Waals surface area (Å²) in [7, 11) is -8.33. The number of fused-ring (bicyclic) bond motifs is 1. The molecule has 0 radical (unpaired) electrons. The second-order valence-corrected chi connectivity index (χ2v) is 15.3. The maximum atomic E-state index is 13.0. The molecule has 3 aromatic rings. The first-order chi connectivity index (χ1) is 20.8. The van der Waals surface area contributed by atoms with E-state index in [1.165, 1.54) is 6.92 Å². The Hall–Kier alpha value is -3.08. The second kappa shape index (κ2) is 12.7. The van der Waals surface area contributed by atoms with E-state index in [0.717, 1.165) is 59.5 Å². The first-order valence-electron chi connectivity index (χ1n) is 14.3. The smallest absolute Gasteiger partial charge is 0.350 e. The zero-order valence-electron chi connectivity index (χ0n) is 24.6. The predicted octanol–water partition coefficient (Wildman–Crippen LogP) is 3.34. The number of benzene rings is 2. The van der Waals surface area contributed by atoms with E-state index in [4.69, 9.17) is 23.9 Å². The molecule has 0 bridgehead atoms. The van der Waals surface area contributed by atoms with Gasteiger partial charge in [0.15, 0.2) is 20.9 Å². The quantitative estimate of drug-likeness (QED) is 0.160. The summed E-state index contributed by atoms with van der Waals surface area (Å²) >= 11 is 0. The monoisotopic (exact) mass is 645 g/mol. The highest BCUT2D eigenvalue weighted by molar-refractivity contribution is 7.92. The highest BCUT2D eigenvalue weighted by atomic mass is 32.2. The number of carbonyl (C=O) groups excluding carboxylic acids is 1. The Morgan fingerprint density at radius 3 is 2.52 bits per heavy atom. The van der Waals surface area contributed by atoms with Gasteiger partial charge in [0.05, 0.1) is 18.3 Å². The zero-order chi connectivity index (χ0) is 31.6. The lowest BCUT2D eigenvalue weighted by Gasteiger charge is -2.28. The number of aromatic nitrogens is 2. The summed E-state index contributed by atoms with van der Waals surface area (Å²) < 4.78 is 46.6. The van der Waals surface area contributed by atoms with Crippen molar-refractivity contribution in [3.8, 4) is 11.8 Å². The van der Waals surface area contributed by atoms with Gasteiger partial charge in [0.25, 0.3) is 5.91 Å². The second-order valence-electron chi connectivity index (χ2n) is 11.6. The first-order valence-corrected chi connectivity index (χ1v) is 17.8. The maximum absolute atomic E-state index is 13.0. The molecule has 2 unspecified atom stereocenters. The fourth-order valence-corrected chi connectivity index (χ4v) is 6.34. The van der Waals surface area contributed by atoms with Gasteiger partial charge in [0.2, 0.25) is 0 Å². The number of ether oxygens (including phenoxy) is 1. The van der Waals surface area contributed by atoms with Crippen molar-refractivity contribution in [2.45, 2.75) is 68.4 Å². The van der Waals surface area contributed by atoms with Gasteiger partial charge in [-0.2, -0.15) is 5.10 Å². The minimum atomic E-state index is -4.52. The van der Waals surface area contributed by atoms with E-state index < -0.39 is 34.6 Å². The normalized spacial score (nSPS) is 19.5. The summed E-state index contributed by atoms with van der Waals surface area (Å²) in [5.74, 6) is 5.52. The molecule has 2 aromatic carbocycles. The van der Waals surface area contributed by atoms with Gasteiger partial charge in [0, 0.05) is 47.8 Å². The van der Waals surface area contributed by atoms with E-state index in [2.05, 4.69) is 22.4 Å². The Kier molecular flexibility index (Phi) is 9.35. The number of nitrogens with zero attached hydrogens (tertiary/aromatic N) is 2. The van der Waals surface area contributed by atoms with Gasteiger partial charge in [-0.05, 0) is 74.9 Å². The third kappa shape index (κ3) is 7.58. The van der Waals surface area contributed by atoms with Crippen molar-refractivity contribution in [1.82, 2.24) is 15.3 Å². The molecule has 1 aromatic heterocycles. The summed E-state index contributed by atoms with van der Waals surface area (Å²) in [6, 6.07) is 13.2. The lowest BCUT2D eigenvalue weighted by Crippen LogP contribution is -2.51. The number of hydroxylamine groups is 1. The SMILES string of the molecule is CC(CCn1ncc2cc(C#Cc3ccc(C4(COP(=O)(O)O)CC4)cc3)ccc21)(C(=O)NOC1CCCCO1)S(C)(=O)=O. The lowest BCUT2D eigenvalue weighted by molar-refractivity contribution is -0.201. The molecular weight excluding hydrogens is 609 g/mol. The summed E-state index contributed by atoms with van der Waals surface area (Å²) in [4.78, 5) is 36.4. The van der Waals surface area contributed by atoms with Crippen LogP contribution >= 0.6 is 7.82 Å². The molecule has 1 aliphatic carbocycles. The molecule has 2 heterocycles. The molecule has 1 aliphatic heterocycles. The molecule has 5 rings (SSSR count). The number of nitrogens with one attached hydrogen (secondary N) is 1. The van der Waals surface area contributed by atoms with Crippen LogP contribution in [0.2, 0.25) is 0 Å². The van der Waals surface area contributed by atoms with Gasteiger partial charge >= 0.3 is 7.82 Å². The van der Waals surface area contributed by atoms with E-state index in [0.29, 0.717) is 13.0 Å². The van der Waals surface area contributed by atoms with Gasteiger partial charge in [-0.1, -0.05) is 24.0 Å². The van der Waals surface area contributed by atoms with Gasteiger partial charge in [-0.3, -0.25) is 14.0 Å². The molecule has 2 fully saturated rings. The molecular formula is C30H36N3O9PS. The van der Waals surface area contributed by atoms with E-state index in [1.54, 1.807) is 10.9 Å². The first kappa shape index (κ1) is 32.3. The highest BCUT2D eigenvalue weighted by Gasteiger charge is 2.46. The molecule has 1 saturated heterocycles. The molecule has 1 saturated carbocycles. The van der Waals surface area contributed by atoms with Crippen molar-refractivity contribution in [3.63, 3.8) is 0 Å². The summed E-state index contributed by atoms with van der Waals surface area (Å²) in [5.41, 5.74) is 5.22. The van der Waals surface area contributed by atoms with Crippen molar-refractivity contribution < 1.29 is 41.7 Å². The number of rotatable bonds is 11. The highest BCUT2D eigenvalue weighted by Crippen LogP contribution is 2.51. The molecule has 2 atom stereocenters. The fraction of sp³-hybridized carbons (Fsp3) is 0.467. The van der Waals surface area contributed by atoms with Crippen LogP contribution in [0.25, 0.3) is 10.9 Å². The number of carbonyl (C=O) groups is 1. The molecule has 1 amide bonds. The van der Waals surface area contributed by atoms with Crippen molar-refractivity contribution >= 4 is 34.5 Å². The predicted molar refractivity (Wildman–Crippen MR) is 162 cm³/mol. The van der Waals surface area contributed by atoms with E-state index in [1.807, 2.05) is 42.5 Å². The summed E-state index contributed by atoms with van der Waals surface area (Å²) in [6.45, 7) is 2.06. The molecule has 14 heteroatoms. The number of amides is 1. The van der Waals surface area contributed by atoms with Crippen LogP contribution in [0.3, 0.4) is 0 Å². The molecule has 12 nitrogen and oxygen atoms in total. The Balaban J connectivity index is 1.23. The number of hydrogen-bond donors (Lipinski definition) is 3. The van der Waals surface area contributed by atoms with Crippen LogP contribution in [0.5, 0.6) is 0 Å². The Morgan fingerprint density at radius 2 is 1.89 bits per heavy atom. The van der Waals surface area contributed by atoms with Gasteiger partial charge in [-0.15, -0.1) is 0 Å². The van der Waals surface area contributed by atoms with Crippen LogP contribution in [0, 0.1) is 11.8 Å². The Labute approximate surface area is 256 Å². The summed E-state index contributed by atoms with van der Waals surface area (Å²) in [5, 5.41) is 5.23. The minimum Gasteiger partial charge on any atom is -0.350 e. The van der Waals surface area contributed by atoms with Crippen molar-refractivity contribution in [3.05, 3.63) is 65.4 Å². The molecule has 2 aliphatic rings. The fourth-order valence-electron chi connectivity index (χ4n) is 5.09. The average Bonchev–Trinajstić information content (AvgIpc) is 3.69. The average molecular weight is 646 g/mol. The van der Waals surface area contributed by atoms with Crippen molar-refractivity contribution in [2.24, 2.45) is 0 Å². The third-order valence-corrected chi connectivity index (χ3v) is 10.9.